The van der Waals surface area contributed by atoms with Crippen molar-refractivity contribution in [3.63, 3.8) is 0 Å². The number of carbonyl (C=O) groups is 1. The summed E-state index contributed by atoms with van der Waals surface area (Å²) in [6.45, 7) is 0. The first kappa shape index (κ1) is 16.2. The Balaban J connectivity index is 1.81. The molecule has 1 saturated carbocycles. The van der Waals surface area contributed by atoms with E-state index in [2.05, 4.69) is 5.32 Å². The molecule has 5 nitrogen and oxygen atoms in total. The van der Waals surface area contributed by atoms with Crippen molar-refractivity contribution in [3.8, 4) is 17.2 Å². The van der Waals surface area contributed by atoms with Gasteiger partial charge in [0.25, 0.3) is 5.91 Å². The number of methoxy groups -OCH3 is 3. The van der Waals surface area contributed by atoms with Crippen LogP contribution < -0.4 is 19.5 Å². The maximum Gasteiger partial charge on any atom is 0.252 e. The van der Waals surface area contributed by atoms with Gasteiger partial charge in [-0.05, 0) is 42.7 Å². The Kier molecular flexibility index (Phi) is 4.34. The van der Waals surface area contributed by atoms with E-state index in [9.17, 15) is 4.79 Å². The SMILES string of the molecule is COc1ccc(C2(NC(=O)c3cc(OC)cc(OC)c3)CC2)cc1. The maximum atomic E-state index is 12.7. The van der Waals surface area contributed by atoms with Crippen LogP contribution in [0.1, 0.15) is 28.8 Å². The lowest BCUT2D eigenvalue weighted by molar-refractivity contribution is 0.0930. The fraction of sp³-hybridized carbons (Fsp3) is 0.316. The van der Waals surface area contributed by atoms with Crippen LogP contribution in [0.25, 0.3) is 0 Å². The number of ether oxygens (including phenoxy) is 3. The Hall–Kier alpha value is -2.69. The van der Waals surface area contributed by atoms with Gasteiger partial charge in [0.2, 0.25) is 0 Å². The molecule has 0 aromatic heterocycles. The van der Waals surface area contributed by atoms with Crippen LogP contribution in [0.15, 0.2) is 42.5 Å². The first-order valence-electron chi connectivity index (χ1n) is 7.80. The topological polar surface area (TPSA) is 56.8 Å². The molecule has 24 heavy (non-hydrogen) atoms. The fourth-order valence-electron chi connectivity index (χ4n) is 2.75. The Morgan fingerprint density at radius 1 is 0.875 bits per heavy atom. The zero-order valence-electron chi connectivity index (χ0n) is 14.1. The normalized spacial score (nSPS) is 14.6. The van der Waals surface area contributed by atoms with Gasteiger partial charge in [-0.1, -0.05) is 12.1 Å². The molecule has 1 aliphatic rings. The molecule has 1 amide bonds. The highest BCUT2D eigenvalue weighted by Gasteiger charge is 2.45. The first-order valence-corrected chi connectivity index (χ1v) is 7.80. The molecule has 1 N–H and O–H groups in total. The van der Waals surface area contributed by atoms with Crippen molar-refractivity contribution in [2.75, 3.05) is 21.3 Å². The number of nitrogens with one attached hydrogen (secondary N) is 1. The molecule has 2 aromatic carbocycles. The smallest absolute Gasteiger partial charge is 0.252 e. The van der Waals surface area contributed by atoms with Gasteiger partial charge in [-0.15, -0.1) is 0 Å². The highest BCUT2D eigenvalue weighted by atomic mass is 16.5. The van der Waals surface area contributed by atoms with Gasteiger partial charge in [0.15, 0.2) is 0 Å². The summed E-state index contributed by atoms with van der Waals surface area (Å²) in [5, 5.41) is 3.15. The summed E-state index contributed by atoms with van der Waals surface area (Å²) in [4.78, 5) is 12.7. The van der Waals surface area contributed by atoms with Crippen molar-refractivity contribution in [2.24, 2.45) is 0 Å². The van der Waals surface area contributed by atoms with Crippen molar-refractivity contribution in [2.45, 2.75) is 18.4 Å². The molecule has 0 spiro atoms. The van der Waals surface area contributed by atoms with Crippen molar-refractivity contribution in [1.82, 2.24) is 5.32 Å². The third-order valence-corrected chi connectivity index (χ3v) is 4.36. The summed E-state index contributed by atoms with van der Waals surface area (Å²) in [7, 11) is 4.77. The predicted octanol–water partition coefficient (Wildman–Crippen LogP) is 3.13. The summed E-state index contributed by atoms with van der Waals surface area (Å²) >= 11 is 0. The van der Waals surface area contributed by atoms with E-state index in [-0.39, 0.29) is 11.4 Å². The zero-order chi connectivity index (χ0) is 17.2. The van der Waals surface area contributed by atoms with E-state index in [1.54, 1.807) is 39.5 Å². The number of carbonyl (C=O) groups excluding carboxylic acids is 1. The second-order valence-corrected chi connectivity index (χ2v) is 5.87. The average Bonchev–Trinajstić information content (AvgIpc) is 3.41. The third-order valence-electron chi connectivity index (χ3n) is 4.36. The van der Waals surface area contributed by atoms with Gasteiger partial charge >= 0.3 is 0 Å². The van der Waals surface area contributed by atoms with Crippen LogP contribution in [-0.4, -0.2) is 27.2 Å². The van der Waals surface area contributed by atoms with E-state index < -0.39 is 0 Å². The molecular formula is C19H21NO4. The van der Waals surface area contributed by atoms with Gasteiger partial charge in [-0.25, -0.2) is 0 Å². The Bertz CT molecular complexity index is 713. The van der Waals surface area contributed by atoms with Crippen LogP contribution in [-0.2, 0) is 5.54 Å². The summed E-state index contributed by atoms with van der Waals surface area (Å²) in [6.07, 6.45) is 1.85. The molecule has 3 rings (SSSR count). The van der Waals surface area contributed by atoms with Crippen LogP contribution in [0.3, 0.4) is 0 Å². The van der Waals surface area contributed by atoms with E-state index in [0.717, 1.165) is 24.2 Å². The molecule has 5 heteroatoms. The van der Waals surface area contributed by atoms with Gasteiger partial charge in [0.05, 0.1) is 26.9 Å². The van der Waals surface area contributed by atoms with Crippen molar-refractivity contribution >= 4 is 5.91 Å². The predicted molar refractivity (Wildman–Crippen MR) is 90.9 cm³/mol. The largest absolute Gasteiger partial charge is 0.497 e. The monoisotopic (exact) mass is 327 g/mol. The molecular weight excluding hydrogens is 306 g/mol. The maximum absolute atomic E-state index is 12.7. The minimum atomic E-state index is -0.292. The molecule has 0 saturated heterocycles. The Morgan fingerprint density at radius 3 is 1.88 bits per heavy atom. The molecule has 0 unspecified atom stereocenters. The minimum Gasteiger partial charge on any atom is -0.497 e. The van der Waals surface area contributed by atoms with E-state index in [0.29, 0.717) is 17.1 Å². The van der Waals surface area contributed by atoms with Gasteiger partial charge in [-0.2, -0.15) is 0 Å². The number of amides is 1. The lowest BCUT2D eigenvalue weighted by atomic mass is 10.0. The molecule has 0 radical (unpaired) electrons. The molecule has 1 aliphatic carbocycles. The second-order valence-electron chi connectivity index (χ2n) is 5.87. The van der Waals surface area contributed by atoms with Crippen LogP contribution >= 0.6 is 0 Å². The fourth-order valence-corrected chi connectivity index (χ4v) is 2.75. The third kappa shape index (κ3) is 3.15. The number of rotatable bonds is 6. The van der Waals surface area contributed by atoms with Crippen LogP contribution in [0.4, 0.5) is 0 Å². The first-order chi connectivity index (χ1) is 11.6. The van der Waals surface area contributed by atoms with E-state index in [1.165, 1.54) is 0 Å². The molecule has 126 valence electrons. The highest BCUT2D eigenvalue weighted by Crippen LogP contribution is 2.46. The summed E-state index contributed by atoms with van der Waals surface area (Å²) in [6, 6.07) is 13.0. The molecule has 2 aromatic rings. The van der Waals surface area contributed by atoms with Gasteiger partial charge in [0.1, 0.15) is 17.2 Å². The zero-order valence-corrected chi connectivity index (χ0v) is 14.1. The van der Waals surface area contributed by atoms with Gasteiger partial charge < -0.3 is 19.5 Å². The standard InChI is InChI=1S/C19H21NO4/c1-22-15-6-4-14(5-7-15)19(8-9-19)20-18(21)13-10-16(23-2)12-17(11-13)24-3/h4-7,10-12H,8-9H2,1-3H3,(H,20,21). The second kappa shape index (κ2) is 6.43. The molecule has 0 bridgehead atoms. The van der Waals surface area contributed by atoms with Crippen LogP contribution in [0, 0.1) is 0 Å². The molecule has 0 atom stereocenters. The lowest BCUT2D eigenvalue weighted by Gasteiger charge is -2.19. The molecule has 0 aliphatic heterocycles. The van der Waals surface area contributed by atoms with E-state index >= 15 is 0 Å². The van der Waals surface area contributed by atoms with Gasteiger partial charge in [-0.3, -0.25) is 4.79 Å². The summed E-state index contributed by atoms with van der Waals surface area (Å²) in [5.41, 5.74) is 1.32. The van der Waals surface area contributed by atoms with Crippen molar-refractivity contribution in [1.29, 1.82) is 0 Å². The highest BCUT2D eigenvalue weighted by molar-refractivity contribution is 5.96. The average molecular weight is 327 g/mol. The molecule has 1 fully saturated rings. The van der Waals surface area contributed by atoms with Gasteiger partial charge in [0, 0.05) is 11.6 Å². The van der Waals surface area contributed by atoms with Crippen molar-refractivity contribution in [3.05, 3.63) is 53.6 Å². The van der Waals surface area contributed by atoms with Crippen molar-refractivity contribution < 1.29 is 19.0 Å². The summed E-state index contributed by atoms with van der Waals surface area (Å²) in [5.74, 6) is 1.85. The van der Waals surface area contributed by atoms with E-state index in [4.69, 9.17) is 14.2 Å². The number of hydrogen-bond donors (Lipinski definition) is 1. The minimum absolute atomic E-state index is 0.138. The number of benzene rings is 2. The Labute approximate surface area is 141 Å². The molecule has 0 heterocycles. The quantitative estimate of drug-likeness (QED) is 0.885. The lowest BCUT2D eigenvalue weighted by Crippen LogP contribution is -2.34. The van der Waals surface area contributed by atoms with Crippen LogP contribution in [0.5, 0.6) is 17.2 Å². The number of hydrogen-bond acceptors (Lipinski definition) is 4. The Morgan fingerprint density at radius 2 is 1.42 bits per heavy atom. The van der Waals surface area contributed by atoms with Crippen LogP contribution in [0.2, 0.25) is 0 Å². The summed E-state index contributed by atoms with van der Waals surface area (Å²) < 4.78 is 15.6. The van der Waals surface area contributed by atoms with E-state index in [1.807, 2.05) is 24.3 Å².